The molecule has 0 spiro atoms. The minimum Gasteiger partial charge on any atom is -0.378 e. The normalized spacial score (nSPS) is 11.0. The molecule has 0 unspecified atom stereocenters. The van der Waals surface area contributed by atoms with Crippen LogP contribution in [0, 0.1) is 10.1 Å². The van der Waals surface area contributed by atoms with Gasteiger partial charge in [0.25, 0.3) is 5.69 Å². The highest BCUT2D eigenvalue weighted by Crippen LogP contribution is 2.24. The van der Waals surface area contributed by atoms with Gasteiger partial charge in [0, 0.05) is 23.9 Å². The van der Waals surface area contributed by atoms with E-state index in [1.54, 1.807) is 0 Å². The molecule has 1 rings (SSSR count). The molecule has 0 heterocycles. The van der Waals surface area contributed by atoms with E-state index >= 15 is 0 Å². The van der Waals surface area contributed by atoms with Crippen LogP contribution in [-0.2, 0) is 9.84 Å². The zero-order valence-electron chi connectivity index (χ0n) is 10.3. The molecule has 0 aliphatic heterocycles. The van der Waals surface area contributed by atoms with Crippen molar-refractivity contribution in [2.45, 2.75) is 6.92 Å². The van der Waals surface area contributed by atoms with Crippen LogP contribution in [0.1, 0.15) is 17.3 Å². The second-order valence-electron chi connectivity index (χ2n) is 3.81. The fraction of sp³-hybridized carbons (Fsp3) is 0.364. The molecule has 8 heteroatoms. The molecule has 0 saturated heterocycles. The van der Waals surface area contributed by atoms with Crippen LogP contribution in [0.4, 0.5) is 11.4 Å². The Kier molecular flexibility index (Phi) is 4.99. The quantitative estimate of drug-likeness (QED) is 0.459. The highest BCUT2D eigenvalue weighted by Gasteiger charge is 2.15. The van der Waals surface area contributed by atoms with E-state index in [1.807, 2.05) is 0 Å². The van der Waals surface area contributed by atoms with Crippen molar-refractivity contribution in [2.75, 3.05) is 23.4 Å². The predicted octanol–water partition coefficient (Wildman–Crippen LogP) is 1.25. The molecule has 0 fully saturated rings. The third kappa shape index (κ3) is 4.32. The van der Waals surface area contributed by atoms with Gasteiger partial charge in [-0.15, -0.1) is 0 Å². The number of anilines is 1. The summed E-state index contributed by atoms with van der Waals surface area (Å²) in [7, 11) is -3.12. The summed E-state index contributed by atoms with van der Waals surface area (Å²) in [5, 5.41) is 13.5. The van der Waals surface area contributed by atoms with Crippen LogP contribution in [0.3, 0.4) is 0 Å². The first-order valence-corrected chi connectivity index (χ1v) is 7.39. The predicted molar refractivity (Wildman–Crippen MR) is 71.3 cm³/mol. The summed E-state index contributed by atoms with van der Waals surface area (Å²) in [5.74, 6) is -0.0725. The summed E-state index contributed by atoms with van der Waals surface area (Å²) in [6, 6.07) is 3.96. The molecule has 1 N–H and O–H groups in total. The zero-order chi connectivity index (χ0) is 14.5. The van der Waals surface area contributed by atoms with Gasteiger partial charge in [0.05, 0.1) is 10.7 Å². The number of sulfone groups is 1. The Labute approximate surface area is 110 Å². The molecule has 0 bridgehead atoms. The summed E-state index contributed by atoms with van der Waals surface area (Å²) < 4.78 is 22.6. The zero-order valence-corrected chi connectivity index (χ0v) is 11.1. The van der Waals surface area contributed by atoms with E-state index in [4.69, 9.17) is 0 Å². The van der Waals surface area contributed by atoms with Gasteiger partial charge in [0.15, 0.2) is 9.84 Å². The van der Waals surface area contributed by atoms with Crippen LogP contribution < -0.4 is 5.32 Å². The van der Waals surface area contributed by atoms with Crippen LogP contribution in [0.15, 0.2) is 18.2 Å². The standard InChI is InChI=1S/C11H14N2O5S/c1-2-19(17,18)6-5-12-10-4-3-9(8-14)7-11(10)13(15)16/h3-4,7-8,12H,2,5-6H2,1H3. The van der Waals surface area contributed by atoms with Gasteiger partial charge in [-0.3, -0.25) is 14.9 Å². The van der Waals surface area contributed by atoms with Gasteiger partial charge in [-0.1, -0.05) is 6.92 Å². The monoisotopic (exact) mass is 286 g/mol. The summed E-state index contributed by atoms with van der Waals surface area (Å²) in [6.07, 6.45) is 0.512. The van der Waals surface area contributed by atoms with E-state index < -0.39 is 14.8 Å². The van der Waals surface area contributed by atoms with Gasteiger partial charge in [0.2, 0.25) is 0 Å². The lowest BCUT2D eigenvalue weighted by molar-refractivity contribution is -0.384. The molecule has 0 atom stereocenters. The van der Waals surface area contributed by atoms with Gasteiger partial charge >= 0.3 is 0 Å². The SMILES string of the molecule is CCS(=O)(=O)CCNc1ccc(C=O)cc1[N+](=O)[O-]. The molecular formula is C11H14N2O5S. The molecule has 7 nitrogen and oxygen atoms in total. The van der Waals surface area contributed by atoms with E-state index in [9.17, 15) is 23.3 Å². The maximum absolute atomic E-state index is 11.3. The molecular weight excluding hydrogens is 272 g/mol. The van der Waals surface area contributed by atoms with E-state index in [2.05, 4.69) is 5.32 Å². The first-order valence-electron chi connectivity index (χ1n) is 5.57. The van der Waals surface area contributed by atoms with Crippen molar-refractivity contribution in [3.8, 4) is 0 Å². The number of nitro benzene ring substituents is 1. The second-order valence-corrected chi connectivity index (χ2v) is 6.29. The number of carbonyl (C=O) groups excluding carboxylic acids is 1. The number of nitro groups is 1. The minimum absolute atomic E-state index is 0.0286. The maximum Gasteiger partial charge on any atom is 0.293 e. The molecule has 0 radical (unpaired) electrons. The van der Waals surface area contributed by atoms with Crippen molar-refractivity contribution in [1.29, 1.82) is 0 Å². The summed E-state index contributed by atoms with van der Waals surface area (Å²) in [4.78, 5) is 20.8. The van der Waals surface area contributed by atoms with Crippen molar-refractivity contribution in [3.05, 3.63) is 33.9 Å². The molecule has 0 aliphatic rings. The number of hydrogen-bond acceptors (Lipinski definition) is 6. The molecule has 1 aromatic rings. The Morgan fingerprint density at radius 1 is 1.42 bits per heavy atom. The third-order valence-electron chi connectivity index (χ3n) is 2.52. The highest BCUT2D eigenvalue weighted by molar-refractivity contribution is 7.91. The van der Waals surface area contributed by atoms with Gasteiger partial charge in [-0.05, 0) is 12.1 Å². The Balaban J connectivity index is 2.84. The number of nitrogens with zero attached hydrogens (tertiary/aromatic N) is 1. The fourth-order valence-corrected chi connectivity index (χ4v) is 2.11. The molecule has 104 valence electrons. The van der Waals surface area contributed by atoms with Crippen molar-refractivity contribution >= 4 is 27.5 Å². The lowest BCUT2D eigenvalue weighted by Gasteiger charge is -2.07. The van der Waals surface area contributed by atoms with Crippen molar-refractivity contribution in [1.82, 2.24) is 0 Å². The number of nitrogens with one attached hydrogen (secondary N) is 1. The van der Waals surface area contributed by atoms with Crippen LogP contribution in [0.5, 0.6) is 0 Å². The number of rotatable bonds is 7. The first-order chi connectivity index (χ1) is 8.89. The van der Waals surface area contributed by atoms with Crippen LogP contribution >= 0.6 is 0 Å². The van der Waals surface area contributed by atoms with Crippen molar-refractivity contribution in [2.24, 2.45) is 0 Å². The average molecular weight is 286 g/mol. The van der Waals surface area contributed by atoms with Crippen LogP contribution in [0.25, 0.3) is 0 Å². The van der Waals surface area contributed by atoms with Gasteiger partial charge in [-0.2, -0.15) is 0 Å². The Bertz CT molecular complexity index is 583. The minimum atomic E-state index is -3.12. The maximum atomic E-state index is 11.3. The van der Waals surface area contributed by atoms with Gasteiger partial charge < -0.3 is 5.32 Å². The fourth-order valence-electron chi connectivity index (χ4n) is 1.41. The largest absolute Gasteiger partial charge is 0.378 e. The smallest absolute Gasteiger partial charge is 0.293 e. The lowest BCUT2D eigenvalue weighted by atomic mass is 10.2. The summed E-state index contributed by atoms with van der Waals surface area (Å²) in [6.45, 7) is 1.62. The van der Waals surface area contributed by atoms with E-state index in [-0.39, 0.29) is 35.0 Å². The van der Waals surface area contributed by atoms with E-state index in [1.165, 1.54) is 19.1 Å². The van der Waals surface area contributed by atoms with Gasteiger partial charge in [-0.25, -0.2) is 8.42 Å². The number of hydrogen-bond donors (Lipinski definition) is 1. The Morgan fingerprint density at radius 3 is 2.63 bits per heavy atom. The topological polar surface area (TPSA) is 106 Å². The van der Waals surface area contributed by atoms with Crippen molar-refractivity contribution in [3.63, 3.8) is 0 Å². The van der Waals surface area contributed by atoms with Gasteiger partial charge in [0.1, 0.15) is 12.0 Å². The highest BCUT2D eigenvalue weighted by atomic mass is 32.2. The van der Waals surface area contributed by atoms with Crippen LogP contribution in [0.2, 0.25) is 0 Å². The second kappa shape index (κ2) is 6.28. The molecule has 19 heavy (non-hydrogen) atoms. The molecule has 0 aromatic heterocycles. The van der Waals surface area contributed by atoms with Crippen LogP contribution in [-0.4, -0.2) is 37.7 Å². The Hall–Kier alpha value is -1.96. The summed E-state index contributed by atoms with van der Waals surface area (Å²) in [5.41, 5.74) is 0.138. The lowest BCUT2D eigenvalue weighted by Crippen LogP contribution is -2.17. The van der Waals surface area contributed by atoms with Crippen molar-refractivity contribution < 1.29 is 18.1 Å². The third-order valence-corrected chi connectivity index (χ3v) is 4.23. The molecule has 1 aromatic carbocycles. The molecule has 0 aliphatic carbocycles. The summed E-state index contributed by atoms with van der Waals surface area (Å²) >= 11 is 0. The number of carbonyl (C=O) groups is 1. The van der Waals surface area contributed by atoms with E-state index in [0.29, 0.717) is 6.29 Å². The molecule has 0 saturated carbocycles. The average Bonchev–Trinajstić information content (AvgIpc) is 2.38. The number of aldehydes is 1. The first kappa shape index (κ1) is 15.1. The molecule has 0 amide bonds. The Morgan fingerprint density at radius 2 is 2.11 bits per heavy atom. The van der Waals surface area contributed by atoms with E-state index in [0.717, 1.165) is 6.07 Å². The number of benzene rings is 1.